The van der Waals surface area contributed by atoms with Gasteiger partial charge in [0, 0.05) is 16.6 Å². The van der Waals surface area contributed by atoms with Crippen molar-refractivity contribution in [3.05, 3.63) is 58.1 Å². The minimum Gasteiger partial charge on any atom is -0.456 e. The smallest absolute Gasteiger partial charge is 0.420 e. The van der Waals surface area contributed by atoms with Gasteiger partial charge in [-0.05, 0) is 24.3 Å². The fraction of sp³-hybridized carbons (Fsp3) is 0.125. The number of H-pyrrole nitrogens is 1. The molecule has 0 saturated heterocycles. The molecular weight excluding hydrogens is 415 g/mol. The molecule has 0 spiro atoms. The van der Waals surface area contributed by atoms with Crippen LogP contribution in [0.3, 0.4) is 0 Å². The molecule has 0 amide bonds. The first-order valence-electron chi connectivity index (χ1n) is 7.37. The summed E-state index contributed by atoms with van der Waals surface area (Å²) >= 11 is 3.05. The number of rotatable bonds is 5. The lowest BCUT2D eigenvalue weighted by molar-refractivity contribution is -0.138. The number of nitrogens with one attached hydrogen (secondary N) is 2. The van der Waals surface area contributed by atoms with Gasteiger partial charge in [-0.25, -0.2) is 5.10 Å². The molecule has 1 aromatic heterocycles. The number of benzene rings is 2. The predicted molar refractivity (Wildman–Crippen MR) is 93.8 cm³/mol. The van der Waals surface area contributed by atoms with Crippen molar-refractivity contribution in [1.29, 1.82) is 0 Å². The van der Waals surface area contributed by atoms with E-state index in [9.17, 15) is 13.2 Å². The SMILES string of the molecule is Nc1nc(NCc2ccccc2Oc2ccc(Br)cc2C(F)(F)F)n[nH]1. The van der Waals surface area contributed by atoms with Crippen LogP contribution in [0, 0.1) is 0 Å². The van der Waals surface area contributed by atoms with Crippen molar-refractivity contribution >= 4 is 27.8 Å². The van der Waals surface area contributed by atoms with Gasteiger partial charge in [-0.2, -0.15) is 18.2 Å². The van der Waals surface area contributed by atoms with Crippen LogP contribution in [0.4, 0.5) is 25.1 Å². The lowest BCUT2D eigenvalue weighted by Gasteiger charge is -2.16. The molecule has 6 nitrogen and oxygen atoms in total. The second kappa shape index (κ2) is 7.24. The topological polar surface area (TPSA) is 88.8 Å². The minimum absolute atomic E-state index is 0.154. The third kappa shape index (κ3) is 4.26. The highest BCUT2D eigenvalue weighted by Crippen LogP contribution is 2.40. The van der Waals surface area contributed by atoms with Gasteiger partial charge in [0.1, 0.15) is 11.5 Å². The summed E-state index contributed by atoms with van der Waals surface area (Å²) in [6.45, 7) is 0.241. The van der Waals surface area contributed by atoms with Gasteiger partial charge in [0.15, 0.2) is 0 Å². The predicted octanol–water partition coefficient (Wildman–Crippen LogP) is 4.57. The van der Waals surface area contributed by atoms with Crippen LogP contribution in [0.25, 0.3) is 0 Å². The number of nitrogens with zero attached hydrogens (tertiary/aromatic N) is 2. The number of aromatic nitrogens is 3. The Morgan fingerprint density at radius 3 is 2.62 bits per heavy atom. The molecule has 0 bridgehead atoms. The molecule has 136 valence electrons. The molecule has 0 radical (unpaired) electrons. The number of alkyl halides is 3. The van der Waals surface area contributed by atoms with Crippen LogP contribution < -0.4 is 15.8 Å². The first-order chi connectivity index (χ1) is 12.3. The maximum atomic E-state index is 13.3. The van der Waals surface area contributed by atoms with Crippen molar-refractivity contribution in [2.24, 2.45) is 0 Å². The van der Waals surface area contributed by atoms with Crippen LogP contribution in [0.2, 0.25) is 0 Å². The van der Waals surface area contributed by atoms with E-state index >= 15 is 0 Å². The number of anilines is 2. The molecule has 0 atom stereocenters. The van der Waals surface area contributed by atoms with E-state index in [0.29, 0.717) is 10.0 Å². The van der Waals surface area contributed by atoms with Crippen LogP contribution >= 0.6 is 15.9 Å². The van der Waals surface area contributed by atoms with E-state index in [1.165, 1.54) is 12.1 Å². The third-order valence-electron chi connectivity index (χ3n) is 3.38. The summed E-state index contributed by atoms with van der Waals surface area (Å²) in [7, 11) is 0. The van der Waals surface area contributed by atoms with Crippen LogP contribution in [-0.2, 0) is 12.7 Å². The monoisotopic (exact) mass is 427 g/mol. The van der Waals surface area contributed by atoms with Crippen molar-refractivity contribution < 1.29 is 17.9 Å². The van der Waals surface area contributed by atoms with Crippen molar-refractivity contribution in [1.82, 2.24) is 15.2 Å². The number of hydrogen-bond acceptors (Lipinski definition) is 5. The lowest BCUT2D eigenvalue weighted by Crippen LogP contribution is -2.08. The van der Waals surface area contributed by atoms with Gasteiger partial charge in [0.2, 0.25) is 11.9 Å². The van der Waals surface area contributed by atoms with Gasteiger partial charge >= 0.3 is 6.18 Å². The summed E-state index contributed by atoms with van der Waals surface area (Å²) in [6.07, 6.45) is -4.54. The molecule has 0 unspecified atom stereocenters. The summed E-state index contributed by atoms with van der Waals surface area (Å²) in [4.78, 5) is 3.90. The molecule has 26 heavy (non-hydrogen) atoms. The number of halogens is 4. The van der Waals surface area contributed by atoms with Crippen molar-refractivity contribution in [3.8, 4) is 11.5 Å². The Morgan fingerprint density at radius 2 is 1.92 bits per heavy atom. The zero-order valence-corrected chi connectivity index (χ0v) is 14.7. The summed E-state index contributed by atoms with van der Waals surface area (Å²) in [5.74, 6) is 0.435. The number of ether oxygens (including phenoxy) is 1. The van der Waals surface area contributed by atoms with E-state index in [1.54, 1.807) is 24.3 Å². The van der Waals surface area contributed by atoms with Crippen molar-refractivity contribution in [2.45, 2.75) is 12.7 Å². The lowest BCUT2D eigenvalue weighted by atomic mass is 10.1. The van der Waals surface area contributed by atoms with Crippen LogP contribution in [0.1, 0.15) is 11.1 Å². The summed E-state index contributed by atoms with van der Waals surface area (Å²) in [5, 5.41) is 9.23. The highest BCUT2D eigenvalue weighted by atomic mass is 79.9. The molecule has 0 saturated carbocycles. The molecule has 4 N–H and O–H groups in total. The summed E-state index contributed by atoms with van der Waals surface area (Å²) in [6, 6.07) is 10.5. The number of nitrogens with two attached hydrogens (primary N) is 1. The quantitative estimate of drug-likeness (QED) is 0.554. The average molecular weight is 428 g/mol. The zero-order chi connectivity index (χ0) is 18.7. The van der Waals surface area contributed by atoms with E-state index in [2.05, 4.69) is 36.4 Å². The Hall–Kier alpha value is -2.75. The molecular formula is C16H13BrF3N5O. The number of nitrogen functional groups attached to an aromatic ring is 1. The van der Waals surface area contributed by atoms with Gasteiger partial charge in [-0.3, -0.25) is 0 Å². The maximum Gasteiger partial charge on any atom is 0.420 e. The Labute approximate surface area is 154 Å². The normalized spacial score (nSPS) is 11.4. The molecule has 0 aliphatic carbocycles. The number of hydrogen-bond donors (Lipinski definition) is 3. The minimum atomic E-state index is -4.54. The van der Waals surface area contributed by atoms with Gasteiger partial charge in [-0.1, -0.05) is 34.1 Å². The Kier molecular flexibility index (Phi) is 5.03. The van der Waals surface area contributed by atoms with E-state index < -0.39 is 11.7 Å². The molecule has 0 aliphatic heterocycles. The second-order valence-electron chi connectivity index (χ2n) is 5.25. The molecule has 3 aromatic rings. The van der Waals surface area contributed by atoms with Crippen molar-refractivity contribution in [2.75, 3.05) is 11.1 Å². The van der Waals surface area contributed by atoms with E-state index in [-0.39, 0.29) is 29.9 Å². The summed E-state index contributed by atoms with van der Waals surface area (Å²) < 4.78 is 45.7. The largest absolute Gasteiger partial charge is 0.456 e. The van der Waals surface area contributed by atoms with Gasteiger partial charge in [0.25, 0.3) is 0 Å². The van der Waals surface area contributed by atoms with Crippen LogP contribution in [0.5, 0.6) is 11.5 Å². The molecule has 0 fully saturated rings. The number of aromatic amines is 1. The van der Waals surface area contributed by atoms with E-state index in [1.807, 2.05) is 0 Å². The van der Waals surface area contributed by atoms with E-state index in [0.717, 1.165) is 6.07 Å². The summed E-state index contributed by atoms with van der Waals surface area (Å²) in [5.41, 5.74) is 5.21. The maximum absolute atomic E-state index is 13.3. The highest BCUT2D eigenvalue weighted by molar-refractivity contribution is 9.10. The zero-order valence-electron chi connectivity index (χ0n) is 13.1. The van der Waals surface area contributed by atoms with Gasteiger partial charge in [0.05, 0.1) is 5.56 Å². The number of para-hydroxylation sites is 1. The van der Waals surface area contributed by atoms with Crippen LogP contribution in [0.15, 0.2) is 46.9 Å². The molecule has 1 heterocycles. The highest BCUT2D eigenvalue weighted by Gasteiger charge is 2.35. The first-order valence-corrected chi connectivity index (χ1v) is 8.16. The Balaban J connectivity index is 1.85. The fourth-order valence-electron chi connectivity index (χ4n) is 2.21. The van der Waals surface area contributed by atoms with E-state index in [4.69, 9.17) is 10.5 Å². The molecule has 2 aromatic carbocycles. The standard InChI is InChI=1S/C16H13BrF3N5O/c17-10-5-6-13(11(7-10)16(18,19)20)26-12-4-2-1-3-9(12)8-22-15-23-14(21)24-25-15/h1-7H,8H2,(H4,21,22,23,24,25). The van der Waals surface area contributed by atoms with Crippen LogP contribution in [-0.4, -0.2) is 15.2 Å². The molecule has 3 rings (SSSR count). The van der Waals surface area contributed by atoms with Gasteiger partial charge in [-0.15, -0.1) is 5.10 Å². The van der Waals surface area contributed by atoms with Gasteiger partial charge < -0.3 is 15.8 Å². The average Bonchev–Trinajstić information content (AvgIpc) is 3.00. The van der Waals surface area contributed by atoms with Crippen molar-refractivity contribution in [3.63, 3.8) is 0 Å². The third-order valence-corrected chi connectivity index (χ3v) is 3.87. The second-order valence-corrected chi connectivity index (χ2v) is 6.16. The Bertz CT molecular complexity index is 913. The fourth-order valence-corrected chi connectivity index (χ4v) is 2.57. The Morgan fingerprint density at radius 1 is 1.15 bits per heavy atom. The molecule has 0 aliphatic rings. The first kappa shape index (κ1) is 18.1. The molecule has 10 heteroatoms.